The highest BCUT2D eigenvalue weighted by Gasteiger charge is 2.27. The minimum Gasteiger partial charge on any atom is -0.379 e. The van der Waals surface area contributed by atoms with Crippen molar-refractivity contribution < 1.29 is 4.74 Å². The number of aromatic nitrogens is 2. The van der Waals surface area contributed by atoms with E-state index in [-0.39, 0.29) is 0 Å². The van der Waals surface area contributed by atoms with E-state index in [2.05, 4.69) is 27.5 Å². The van der Waals surface area contributed by atoms with Crippen LogP contribution < -0.4 is 10.6 Å². The molecule has 19 heavy (non-hydrogen) atoms. The highest BCUT2D eigenvalue weighted by Crippen LogP contribution is 2.25. The molecule has 0 spiro atoms. The molecule has 1 aromatic heterocycles. The zero-order valence-electron chi connectivity index (χ0n) is 12.1. The van der Waals surface area contributed by atoms with E-state index in [1.807, 2.05) is 13.1 Å². The van der Waals surface area contributed by atoms with Crippen molar-refractivity contribution in [3.8, 4) is 0 Å². The van der Waals surface area contributed by atoms with Gasteiger partial charge in [-0.15, -0.1) is 0 Å². The van der Waals surface area contributed by atoms with Gasteiger partial charge in [0.05, 0.1) is 12.1 Å². The lowest BCUT2D eigenvalue weighted by molar-refractivity contribution is 0.101. The normalized spacial score (nSPS) is 22.5. The summed E-state index contributed by atoms with van der Waals surface area (Å²) in [5.41, 5.74) is 1.07. The van der Waals surface area contributed by atoms with Gasteiger partial charge in [0.25, 0.3) is 0 Å². The Morgan fingerprint density at radius 1 is 1.42 bits per heavy atom. The van der Waals surface area contributed by atoms with Gasteiger partial charge in [0.1, 0.15) is 5.82 Å². The van der Waals surface area contributed by atoms with Gasteiger partial charge >= 0.3 is 0 Å². The third-order valence-electron chi connectivity index (χ3n) is 3.58. The number of methoxy groups -OCH3 is 1. The van der Waals surface area contributed by atoms with Crippen LogP contribution in [0.15, 0.2) is 6.20 Å². The van der Waals surface area contributed by atoms with E-state index in [9.17, 15) is 0 Å². The summed E-state index contributed by atoms with van der Waals surface area (Å²) < 4.78 is 5.51. The van der Waals surface area contributed by atoms with Gasteiger partial charge in [-0.2, -0.15) is 4.98 Å². The van der Waals surface area contributed by atoms with Crippen molar-refractivity contribution in [3.63, 3.8) is 0 Å². The molecule has 1 aliphatic carbocycles. The molecule has 2 atom stereocenters. The molecule has 1 aliphatic rings. The number of rotatable bonds is 6. The van der Waals surface area contributed by atoms with E-state index in [0.29, 0.717) is 18.1 Å². The first-order valence-corrected chi connectivity index (χ1v) is 7.11. The summed E-state index contributed by atoms with van der Waals surface area (Å²) in [6.45, 7) is 5.05. The molecule has 0 amide bonds. The summed E-state index contributed by atoms with van der Waals surface area (Å²) >= 11 is 0. The predicted molar refractivity (Wildman–Crippen MR) is 77.6 cm³/mol. The summed E-state index contributed by atoms with van der Waals surface area (Å²) in [6, 6.07) is 0.359. The van der Waals surface area contributed by atoms with E-state index >= 15 is 0 Å². The fraction of sp³-hybridized carbons (Fsp3) is 0.714. The van der Waals surface area contributed by atoms with Crippen molar-refractivity contribution in [2.45, 2.75) is 51.7 Å². The first-order chi connectivity index (χ1) is 9.24. The molecule has 1 aromatic rings. The van der Waals surface area contributed by atoms with Gasteiger partial charge < -0.3 is 15.4 Å². The lowest BCUT2D eigenvalue weighted by atomic mass is 10.2. The highest BCUT2D eigenvalue weighted by atomic mass is 16.5. The van der Waals surface area contributed by atoms with Crippen LogP contribution >= 0.6 is 0 Å². The number of aryl methyl sites for hydroxylation is 1. The average Bonchev–Trinajstić information content (AvgIpc) is 2.87. The second-order valence-corrected chi connectivity index (χ2v) is 5.11. The second-order valence-electron chi connectivity index (χ2n) is 5.11. The maximum Gasteiger partial charge on any atom is 0.224 e. The Kier molecular flexibility index (Phi) is 4.96. The molecule has 1 heterocycles. The minimum absolute atomic E-state index is 0.293. The van der Waals surface area contributed by atoms with Crippen LogP contribution in [0.5, 0.6) is 0 Å². The number of ether oxygens (including phenoxy) is 1. The van der Waals surface area contributed by atoms with Crippen LogP contribution in [-0.4, -0.2) is 35.8 Å². The Morgan fingerprint density at radius 3 is 3.00 bits per heavy atom. The quantitative estimate of drug-likeness (QED) is 0.827. The van der Waals surface area contributed by atoms with Gasteiger partial charge in [-0.05, 0) is 32.6 Å². The number of hydrogen-bond acceptors (Lipinski definition) is 5. The maximum absolute atomic E-state index is 5.51. The molecule has 2 unspecified atom stereocenters. The molecule has 0 saturated heterocycles. The smallest absolute Gasteiger partial charge is 0.224 e. The third kappa shape index (κ3) is 3.56. The molecule has 0 aromatic carbocycles. The second kappa shape index (κ2) is 6.70. The summed E-state index contributed by atoms with van der Waals surface area (Å²) in [7, 11) is 1.78. The Labute approximate surface area is 115 Å². The first kappa shape index (κ1) is 14.1. The molecule has 5 nitrogen and oxygen atoms in total. The largest absolute Gasteiger partial charge is 0.379 e. The van der Waals surface area contributed by atoms with E-state index < -0.39 is 0 Å². The van der Waals surface area contributed by atoms with Crippen LogP contribution in [0.25, 0.3) is 0 Å². The molecule has 2 rings (SSSR count). The number of nitrogens with zero attached hydrogens (tertiary/aromatic N) is 2. The zero-order valence-corrected chi connectivity index (χ0v) is 12.1. The van der Waals surface area contributed by atoms with Crippen molar-refractivity contribution in [1.82, 2.24) is 9.97 Å². The van der Waals surface area contributed by atoms with Crippen molar-refractivity contribution >= 4 is 11.8 Å². The fourth-order valence-electron chi connectivity index (χ4n) is 2.46. The summed E-state index contributed by atoms with van der Waals surface area (Å²) in [5.74, 6) is 1.62. The number of nitrogens with one attached hydrogen (secondary N) is 2. The highest BCUT2D eigenvalue weighted by molar-refractivity contribution is 5.47. The molecule has 1 saturated carbocycles. The maximum atomic E-state index is 5.51. The van der Waals surface area contributed by atoms with E-state index in [0.717, 1.165) is 37.2 Å². The monoisotopic (exact) mass is 264 g/mol. The van der Waals surface area contributed by atoms with Gasteiger partial charge in [0, 0.05) is 25.4 Å². The molecule has 5 heteroatoms. The fourth-order valence-corrected chi connectivity index (χ4v) is 2.46. The number of anilines is 2. The number of hydrogen-bond donors (Lipinski definition) is 2. The van der Waals surface area contributed by atoms with Crippen LogP contribution in [0.2, 0.25) is 0 Å². The lowest BCUT2D eigenvalue weighted by Gasteiger charge is -2.21. The van der Waals surface area contributed by atoms with Crippen LogP contribution in [-0.2, 0) is 4.74 Å². The van der Waals surface area contributed by atoms with E-state index in [4.69, 9.17) is 4.74 Å². The van der Waals surface area contributed by atoms with Gasteiger partial charge in [-0.25, -0.2) is 4.98 Å². The van der Waals surface area contributed by atoms with Crippen molar-refractivity contribution in [1.29, 1.82) is 0 Å². The van der Waals surface area contributed by atoms with Crippen molar-refractivity contribution in [3.05, 3.63) is 11.8 Å². The first-order valence-electron chi connectivity index (χ1n) is 7.11. The van der Waals surface area contributed by atoms with Gasteiger partial charge in [0.2, 0.25) is 5.95 Å². The van der Waals surface area contributed by atoms with Crippen molar-refractivity contribution in [2.24, 2.45) is 0 Å². The Morgan fingerprint density at radius 2 is 2.26 bits per heavy atom. The molecule has 0 bridgehead atoms. The van der Waals surface area contributed by atoms with Gasteiger partial charge in [0.15, 0.2) is 0 Å². The van der Waals surface area contributed by atoms with Gasteiger partial charge in [-0.3, -0.25) is 0 Å². The zero-order chi connectivity index (χ0) is 13.7. The Hall–Kier alpha value is -1.36. The molecular formula is C14H24N4O. The molecular weight excluding hydrogens is 240 g/mol. The topological polar surface area (TPSA) is 59.1 Å². The molecule has 2 N–H and O–H groups in total. The predicted octanol–water partition coefficient (Wildman–Crippen LogP) is 2.59. The minimum atomic E-state index is 0.293. The molecule has 0 aliphatic heterocycles. The lowest BCUT2D eigenvalue weighted by Crippen LogP contribution is -2.30. The van der Waals surface area contributed by atoms with Crippen LogP contribution in [0, 0.1) is 6.92 Å². The SMILES string of the molecule is CCCNc1ncc(C)c(NC2CCCC2OC)n1. The third-order valence-corrected chi connectivity index (χ3v) is 3.58. The Balaban J connectivity index is 2.05. The van der Waals surface area contributed by atoms with Crippen molar-refractivity contribution in [2.75, 3.05) is 24.3 Å². The Bertz CT molecular complexity index is 410. The van der Waals surface area contributed by atoms with Crippen LogP contribution in [0.3, 0.4) is 0 Å². The summed E-state index contributed by atoms with van der Waals surface area (Å²) in [5, 5.41) is 6.73. The molecule has 106 valence electrons. The van der Waals surface area contributed by atoms with E-state index in [1.165, 1.54) is 6.42 Å². The molecule has 0 radical (unpaired) electrons. The average molecular weight is 264 g/mol. The summed E-state index contributed by atoms with van der Waals surface area (Å²) in [6.07, 6.45) is 6.69. The van der Waals surface area contributed by atoms with Crippen LogP contribution in [0.4, 0.5) is 11.8 Å². The van der Waals surface area contributed by atoms with Crippen LogP contribution in [0.1, 0.15) is 38.2 Å². The van der Waals surface area contributed by atoms with Gasteiger partial charge in [-0.1, -0.05) is 6.92 Å². The standard InChI is InChI=1S/C14H24N4O/c1-4-8-15-14-16-9-10(2)13(18-14)17-11-6-5-7-12(11)19-3/h9,11-12H,4-8H2,1-3H3,(H2,15,16,17,18). The molecule has 1 fully saturated rings. The van der Waals surface area contributed by atoms with E-state index in [1.54, 1.807) is 7.11 Å². The summed E-state index contributed by atoms with van der Waals surface area (Å²) in [4.78, 5) is 8.85.